The minimum Gasteiger partial charge on any atom is -0.341 e. The van der Waals surface area contributed by atoms with Crippen LogP contribution in [0, 0.1) is 6.92 Å². The van der Waals surface area contributed by atoms with Gasteiger partial charge in [0, 0.05) is 17.3 Å². The molecule has 2 aliphatic rings. The van der Waals surface area contributed by atoms with Crippen LogP contribution in [0.25, 0.3) is 0 Å². The van der Waals surface area contributed by atoms with E-state index in [-0.39, 0.29) is 23.6 Å². The monoisotopic (exact) mass is 420 g/mol. The number of halogens is 1. The molecule has 4 nitrogen and oxygen atoms in total. The highest BCUT2D eigenvalue weighted by molar-refractivity contribution is 8.13. The summed E-state index contributed by atoms with van der Waals surface area (Å²) in [6.07, 6.45) is 0. The predicted octanol–water partition coefficient (Wildman–Crippen LogP) is 3.92. The number of amidine groups is 1. The molecule has 0 unspecified atom stereocenters. The van der Waals surface area contributed by atoms with E-state index in [0.29, 0.717) is 11.6 Å². The third-order valence-corrected chi connectivity index (χ3v) is 7.96. The number of sulfone groups is 1. The van der Waals surface area contributed by atoms with Crippen LogP contribution in [-0.2, 0) is 22.1 Å². The number of aliphatic imine (C=N–C) groups is 1. The molecule has 7 heteroatoms. The standard InChI is InChI=1S/C20H21ClN2O2S2/c1-14-3-2-4-16(9-14)11-26-20-22-18-12-27(24,25)13-19(18)23(20)10-15-5-7-17(21)8-6-15/h2-9,18-19H,10-13H2,1H3/t18-,19-/m1/s1. The van der Waals surface area contributed by atoms with Gasteiger partial charge in [0.15, 0.2) is 15.0 Å². The molecule has 2 aliphatic heterocycles. The number of fused-ring (bicyclic) bond motifs is 1. The zero-order valence-electron chi connectivity index (χ0n) is 15.0. The first-order valence-corrected chi connectivity index (χ1v) is 12.1. The van der Waals surface area contributed by atoms with Gasteiger partial charge in [0.05, 0.1) is 23.6 Å². The van der Waals surface area contributed by atoms with Crippen molar-refractivity contribution in [2.75, 3.05) is 11.5 Å². The number of rotatable bonds is 4. The lowest BCUT2D eigenvalue weighted by Crippen LogP contribution is -2.38. The second-order valence-corrected chi connectivity index (χ2v) is 10.7. The third kappa shape index (κ3) is 4.33. The average molecular weight is 421 g/mol. The molecule has 1 fully saturated rings. The molecule has 1 saturated heterocycles. The number of benzene rings is 2. The molecular weight excluding hydrogens is 400 g/mol. The predicted molar refractivity (Wildman–Crippen MR) is 113 cm³/mol. The van der Waals surface area contributed by atoms with Crippen molar-refractivity contribution < 1.29 is 8.42 Å². The van der Waals surface area contributed by atoms with Gasteiger partial charge in [0.25, 0.3) is 0 Å². The zero-order valence-corrected chi connectivity index (χ0v) is 17.4. The molecule has 27 heavy (non-hydrogen) atoms. The Kier molecular flexibility index (Phi) is 5.23. The van der Waals surface area contributed by atoms with Gasteiger partial charge in [-0.2, -0.15) is 0 Å². The maximum absolute atomic E-state index is 12.1. The van der Waals surface area contributed by atoms with Crippen molar-refractivity contribution in [1.82, 2.24) is 4.90 Å². The average Bonchev–Trinajstić information content (AvgIpc) is 3.07. The van der Waals surface area contributed by atoms with Gasteiger partial charge in [-0.15, -0.1) is 0 Å². The van der Waals surface area contributed by atoms with Crippen LogP contribution in [0.15, 0.2) is 53.5 Å². The quantitative estimate of drug-likeness (QED) is 0.752. The van der Waals surface area contributed by atoms with Gasteiger partial charge in [0.2, 0.25) is 0 Å². The molecular formula is C20H21ClN2O2S2. The van der Waals surface area contributed by atoms with Gasteiger partial charge >= 0.3 is 0 Å². The maximum atomic E-state index is 12.1. The summed E-state index contributed by atoms with van der Waals surface area (Å²) < 4.78 is 24.2. The van der Waals surface area contributed by atoms with Crippen LogP contribution in [0.3, 0.4) is 0 Å². The van der Waals surface area contributed by atoms with Gasteiger partial charge in [-0.1, -0.05) is 65.3 Å². The molecule has 0 saturated carbocycles. The van der Waals surface area contributed by atoms with Crippen LogP contribution in [0.1, 0.15) is 16.7 Å². The van der Waals surface area contributed by atoms with E-state index in [2.05, 4.69) is 36.1 Å². The lowest BCUT2D eigenvalue weighted by molar-refractivity contribution is 0.343. The first kappa shape index (κ1) is 18.8. The van der Waals surface area contributed by atoms with E-state index < -0.39 is 9.84 Å². The lowest BCUT2D eigenvalue weighted by atomic mass is 10.1. The van der Waals surface area contributed by atoms with Crippen molar-refractivity contribution >= 4 is 38.4 Å². The summed E-state index contributed by atoms with van der Waals surface area (Å²) in [7, 11) is -3.01. The Morgan fingerprint density at radius 2 is 1.93 bits per heavy atom. The second-order valence-electron chi connectivity index (χ2n) is 7.16. The van der Waals surface area contributed by atoms with Crippen molar-refractivity contribution in [2.45, 2.75) is 31.3 Å². The smallest absolute Gasteiger partial charge is 0.160 e. The Bertz CT molecular complexity index is 974. The van der Waals surface area contributed by atoms with E-state index in [4.69, 9.17) is 16.6 Å². The van der Waals surface area contributed by atoms with Gasteiger partial charge in [-0.25, -0.2) is 8.42 Å². The fourth-order valence-electron chi connectivity index (χ4n) is 3.63. The van der Waals surface area contributed by atoms with Crippen molar-refractivity contribution in [3.63, 3.8) is 0 Å². The molecule has 0 radical (unpaired) electrons. The van der Waals surface area contributed by atoms with Gasteiger partial charge in [0.1, 0.15) is 0 Å². The van der Waals surface area contributed by atoms with E-state index in [1.807, 2.05) is 24.3 Å². The molecule has 2 atom stereocenters. The van der Waals surface area contributed by atoms with Gasteiger partial charge in [-0.05, 0) is 30.2 Å². The molecule has 142 valence electrons. The Morgan fingerprint density at radius 1 is 1.15 bits per heavy atom. The number of hydrogen-bond donors (Lipinski definition) is 0. The molecule has 2 aromatic carbocycles. The van der Waals surface area contributed by atoms with Crippen LogP contribution >= 0.6 is 23.4 Å². The van der Waals surface area contributed by atoms with Gasteiger partial charge < -0.3 is 4.90 Å². The highest BCUT2D eigenvalue weighted by Gasteiger charge is 2.46. The summed E-state index contributed by atoms with van der Waals surface area (Å²) in [6.45, 7) is 2.73. The van der Waals surface area contributed by atoms with Crippen molar-refractivity contribution in [3.05, 3.63) is 70.2 Å². The largest absolute Gasteiger partial charge is 0.341 e. The van der Waals surface area contributed by atoms with Crippen LogP contribution in [-0.4, -0.2) is 42.1 Å². The first-order chi connectivity index (χ1) is 12.9. The van der Waals surface area contributed by atoms with E-state index in [9.17, 15) is 8.42 Å². The van der Waals surface area contributed by atoms with Crippen LogP contribution in [0.4, 0.5) is 0 Å². The Hall–Kier alpha value is -1.50. The maximum Gasteiger partial charge on any atom is 0.160 e. The van der Waals surface area contributed by atoms with Crippen molar-refractivity contribution in [2.24, 2.45) is 4.99 Å². The zero-order chi connectivity index (χ0) is 19.0. The van der Waals surface area contributed by atoms with E-state index in [1.165, 1.54) is 11.1 Å². The molecule has 0 aromatic heterocycles. The number of hydrogen-bond acceptors (Lipinski definition) is 5. The fraction of sp³-hybridized carbons (Fsp3) is 0.350. The van der Waals surface area contributed by atoms with Crippen LogP contribution in [0.2, 0.25) is 5.02 Å². The molecule has 0 spiro atoms. The molecule has 0 N–H and O–H groups in total. The Morgan fingerprint density at radius 3 is 2.67 bits per heavy atom. The Balaban J connectivity index is 1.54. The molecule has 4 rings (SSSR count). The van der Waals surface area contributed by atoms with E-state index in [0.717, 1.165) is 16.5 Å². The van der Waals surface area contributed by atoms with Crippen molar-refractivity contribution in [1.29, 1.82) is 0 Å². The molecule has 0 bridgehead atoms. The lowest BCUT2D eigenvalue weighted by Gasteiger charge is -2.26. The summed E-state index contributed by atoms with van der Waals surface area (Å²) >= 11 is 7.68. The molecule has 0 aliphatic carbocycles. The first-order valence-electron chi connectivity index (χ1n) is 8.87. The molecule has 2 heterocycles. The molecule has 2 aromatic rings. The van der Waals surface area contributed by atoms with Crippen LogP contribution < -0.4 is 0 Å². The van der Waals surface area contributed by atoms with E-state index >= 15 is 0 Å². The summed E-state index contributed by atoms with van der Waals surface area (Å²) in [4.78, 5) is 6.94. The topological polar surface area (TPSA) is 49.7 Å². The molecule has 0 amide bonds. The van der Waals surface area contributed by atoms with E-state index in [1.54, 1.807) is 11.8 Å². The summed E-state index contributed by atoms with van der Waals surface area (Å²) in [5.74, 6) is 1.16. The normalized spacial score (nSPS) is 23.3. The number of nitrogens with zero attached hydrogens (tertiary/aromatic N) is 2. The second kappa shape index (κ2) is 7.49. The van der Waals surface area contributed by atoms with Crippen LogP contribution in [0.5, 0.6) is 0 Å². The minimum atomic E-state index is -3.01. The van der Waals surface area contributed by atoms with Crippen molar-refractivity contribution in [3.8, 4) is 0 Å². The third-order valence-electron chi connectivity index (χ3n) is 4.93. The van der Waals surface area contributed by atoms with Gasteiger partial charge in [-0.3, -0.25) is 4.99 Å². The fourth-order valence-corrected chi connectivity index (χ4v) is 6.68. The number of thioether (sulfide) groups is 1. The SMILES string of the molecule is Cc1cccc(CSC2=N[C@@H]3CS(=O)(=O)C[C@H]3N2Cc2ccc(Cl)cc2)c1. The highest BCUT2D eigenvalue weighted by Crippen LogP contribution is 2.33. The summed E-state index contributed by atoms with van der Waals surface area (Å²) in [5, 5.41) is 1.64. The summed E-state index contributed by atoms with van der Waals surface area (Å²) in [5.41, 5.74) is 3.59. The number of aryl methyl sites for hydroxylation is 1. The highest BCUT2D eigenvalue weighted by atomic mass is 35.5. The summed E-state index contributed by atoms with van der Waals surface area (Å²) in [6, 6.07) is 15.9. The minimum absolute atomic E-state index is 0.0642. The Labute approximate surface area is 169 Å².